The Hall–Kier alpha value is -2.21. The monoisotopic (exact) mass is 329 g/mol. The van der Waals surface area contributed by atoms with Crippen LogP contribution >= 0.6 is 0 Å². The lowest BCUT2D eigenvalue weighted by molar-refractivity contribution is -0.121. The molecular formula is C18H23N3O3. The van der Waals surface area contributed by atoms with Gasteiger partial charge in [0.15, 0.2) is 0 Å². The number of nitrogens with zero attached hydrogens (tertiary/aromatic N) is 2. The molecule has 1 aromatic heterocycles. The maximum absolute atomic E-state index is 12.3. The first-order chi connectivity index (χ1) is 11.6. The highest BCUT2D eigenvalue weighted by Gasteiger charge is 2.22. The summed E-state index contributed by atoms with van der Waals surface area (Å²) in [5.74, 6) is -0.00742. The Labute approximate surface area is 140 Å². The van der Waals surface area contributed by atoms with Crippen molar-refractivity contribution in [1.29, 1.82) is 0 Å². The molecule has 0 bridgehead atoms. The number of hydrogen-bond acceptors (Lipinski definition) is 4. The fraction of sp³-hybridized carbons (Fsp3) is 0.500. The number of carbonyl (C=O) groups is 1. The molecule has 1 aliphatic rings. The van der Waals surface area contributed by atoms with Gasteiger partial charge in [0, 0.05) is 18.4 Å². The van der Waals surface area contributed by atoms with Crippen LogP contribution in [-0.4, -0.2) is 34.4 Å². The number of carbonyl (C=O) groups excluding carboxylic acids is 1. The molecule has 24 heavy (non-hydrogen) atoms. The van der Waals surface area contributed by atoms with Gasteiger partial charge in [-0.2, -0.15) is 5.10 Å². The van der Waals surface area contributed by atoms with Gasteiger partial charge in [0.25, 0.3) is 5.56 Å². The van der Waals surface area contributed by atoms with Crippen LogP contribution in [0, 0.1) is 0 Å². The maximum Gasteiger partial charge on any atom is 0.274 e. The van der Waals surface area contributed by atoms with Crippen LogP contribution in [0.1, 0.15) is 32.6 Å². The molecule has 1 N–H and O–H groups in total. The highest BCUT2D eigenvalue weighted by molar-refractivity contribution is 5.80. The van der Waals surface area contributed by atoms with Gasteiger partial charge in [-0.1, -0.05) is 18.2 Å². The van der Waals surface area contributed by atoms with Crippen molar-refractivity contribution in [3.63, 3.8) is 0 Å². The molecule has 1 aliphatic heterocycles. The number of rotatable bonds is 6. The smallest absolute Gasteiger partial charge is 0.274 e. The summed E-state index contributed by atoms with van der Waals surface area (Å²) in [5, 5.41) is 8.47. The fourth-order valence-corrected chi connectivity index (χ4v) is 3.07. The molecule has 2 aromatic rings. The summed E-state index contributed by atoms with van der Waals surface area (Å²) in [5.41, 5.74) is -0.129. The second-order valence-corrected chi connectivity index (χ2v) is 6.29. The van der Waals surface area contributed by atoms with Crippen molar-refractivity contribution in [3.05, 3.63) is 40.8 Å². The number of aromatic nitrogens is 2. The third kappa shape index (κ3) is 4.00. The fourth-order valence-electron chi connectivity index (χ4n) is 3.07. The first kappa shape index (κ1) is 16.6. The van der Waals surface area contributed by atoms with Crippen molar-refractivity contribution in [1.82, 2.24) is 15.1 Å². The van der Waals surface area contributed by atoms with E-state index in [2.05, 4.69) is 17.3 Å². The van der Waals surface area contributed by atoms with Crippen LogP contribution in [0.5, 0.6) is 0 Å². The molecule has 0 spiro atoms. The van der Waals surface area contributed by atoms with Crippen molar-refractivity contribution in [2.45, 2.75) is 51.4 Å². The molecule has 2 heterocycles. The Morgan fingerprint density at radius 3 is 3.00 bits per heavy atom. The Bertz CT molecular complexity index is 771. The van der Waals surface area contributed by atoms with Crippen molar-refractivity contribution in [3.8, 4) is 0 Å². The summed E-state index contributed by atoms with van der Waals surface area (Å²) < 4.78 is 7.10. The summed E-state index contributed by atoms with van der Waals surface area (Å²) in [4.78, 5) is 24.2. The van der Waals surface area contributed by atoms with E-state index in [0.29, 0.717) is 31.0 Å². The Morgan fingerprint density at radius 2 is 2.21 bits per heavy atom. The maximum atomic E-state index is 12.3. The summed E-state index contributed by atoms with van der Waals surface area (Å²) >= 11 is 0. The van der Waals surface area contributed by atoms with Crippen LogP contribution in [0.15, 0.2) is 35.3 Å². The van der Waals surface area contributed by atoms with Crippen molar-refractivity contribution in [2.75, 3.05) is 6.54 Å². The number of amides is 1. The molecule has 128 valence electrons. The van der Waals surface area contributed by atoms with Gasteiger partial charge in [-0.25, -0.2) is 4.68 Å². The van der Waals surface area contributed by atoms with E-state index in [0.717, 1.165) is 24.6 Å². The minimum absolute atomic E-state index is 0.00742. The van der Waals surface area contributed by atoms with Crippen LogP contribution in [0.4, 0.5) is 0 Å². The van der Waals surface area contributed by atoms with E-state index in [1.807, 2.05) is 18.2 Å². The molecule has 6 nitrogen and oxygen atoms in total. The van der Waals surface area contributed by atoms with Gasteiger partial charge in [-0.3, -0.25) is 9.59 Å². The highest BCUT2D eigenvalue weighted by atomic mass is 16.5. The van der Waals surface area contributed by atoms with E-state index in [1.54, 1.807) is 12.3 Å². The Balaban J connectivity index is 1.47. The van der Waals surface area contributed by atoms with E-state index < -0.39 is 0 Å². The summed E-state index contributed by atoms with van der Waals surface area (Å²) in [6, 6.07) is 7.36. The van der Waals surface area contributed by atoms with Crippen LogP contribution in [-0.2, 0) is 16.1 Å². The SMILES string of the molecule is C[C@@H]1CC[C@H](CCC(=O)NCCn2ncc3ccccc3c2=O)O1. The summed E-state index contributed by atoms with van der Waals surface area (Å²) in [6.07, 6.45) is 5.51. The van der Waals surface area contributed by atoms with Crippen molar-refractivity contribution >= 4 is 16.7 Å². The molecule has 1 amide bonds. The Morgan fingerprint density at radius 1 is 1.38 bits per heavy atom. The second-order valence-electron chi connectivity index (χ2n) is 6.29. The molecule has 1 fully saturated rings. The second kappa shape index (κ2) is 7.57. The van der Waals surface area contributed by atoms with Gasteiger partial charge in [-0.05, 0) is 32.3 Å². The predicted octanol–water partition coefficient (Wildman–Crippen LogP) is 1.86. The van der Waals surface area contributed by atoms with E-state index in [4.69, 9.17) is 4.74 Å². The largest absolute Gasteiger partial charge is 0.375 e. The van der Waals surface area contributed by atoms with Gasteiger partial charge in [0.1, 0.15) is 0 Å². The quantitative estimate of drug-likeness (QED) is 0.878. The van der Waals surface area contributed by atoms with Crippen LogP contribution < -0.4 is 10.9 Å². The average molecular weight is 329 g/mol. The van der Waals surface area contributed by atoms with Gasteiger partial charge in [0.05, 0.1) is 30.3 Å². The van der Waals surface area contributed by atoms with Crippen molar-refractivity contribution < 1.29 is 9.53 Å². The van der Waals surface area contributed by atoms with Crippen LogP contribution in [0.3, 0.4) is 0 Å². The number of ether oxygens (including phenoxy) is 1. The topological polar surface area (TPSA) is 73.2 Å². The molecule has 6 heteroatoms. The number of hydrogen-bond donors (Lipinski definition) is 1. The predicted molar refractivity (Wildman–Crippen MR) is 91.8 cm³/mol. The molecule has 0 unspecified atom stereocenters. The lowest BCUT2D eigenvalue weighted by Crippen LogP contribution is -2.32. The first-order valence-corrected chi connectivity index (χ1v) is 8.50. The third-order valence-corrected chi connectivity index (χ3v) is 4.42. The van der Waals surface area contributed by atoms with Crippen molar-refractivity contribution in [2.24, 2.45) is 0 Å². The van der Waals surface area contributed by atoms with Gasteiger partial charge in [-0.15, -0.1) is 0 Å². The molecule has 3 rings (SSSR count). The molecular weight excluding hydrogens is 306 g/mol. The van der Waals surface area contributed by atoms with E-state index in [1.165, 1.54) is 4.68 Å². The van der Waals surface area contributed by atoms with Gasteiger partial charge >= 0.3 is 0 Å². The zero-order valence-corrected chi connectivity index (χ0v) is 13.9. The first-order valence-electron chi connectivity index (χ1n) is 8.50. The number of nitrogens with one attached hydrogen (secondary N) is 1. The molecule has 0 aliphatic carbocycles. The molecule has 0 radical (unpaired) electrons. The zero-order valence-electron chi connectivity index (χ0n) is 13.9. The highest BCUT2D eigenvalue weighted by Crippen LogP contribution is 2.22. The summed E-state index contributed by atoms with van der Waals surface area (Å²) in [7, 11) is 0. The van der Waals surface area contributed by atoms with Crippen LogP contribution in [0.25, 0.3) is 10.8 Å². The molecule has 2 atom stereocenters. The van der Waals surface area contributed by atoms with Gasteiger partial charge < -0.3 is 10.1 Å². The lowest BCUT2D eigenvalue weighted by atomic mass is 10.1. The number of benzene rings is 1. The lowest BCUT2D eigenvalue weighted by Gasteiger charge is -2.11. The van der Waals surface area contributed by atoms with E-state index in [-0.39, 0.29) is 17.6 Å². The zero-order chi connectivity index (χ0) is 16.9. The van der Waals surface area contributed by atoms with E-state index in [9.17, 15) is 9.59 Å². The standard InChI is InChI=1S/C18H23N3O3/c1-13-6-7-15(24-13)8-9-17(22)19-10-11-21-18(23)16-5-3-2-4-14(16)12-20-21/h2-5,12-13,15H,6-11H2,1H3,(H,19,22)/t13-,15-/m1/s1. The normalized spacial score (nSPS) is 20.4. The third-order valence-electron chi connectivity index (χ3n) is 4.42. The van der Waals surface area contributed by atoms with E-state index >= 15 is 0 Å². The van der Waals surface area contributed by atoms with Crippen LogP contribution in [0.2, 0.25) is 0 Å². The minimum atomic E-state index is -0.129. The van der Waals surface area contributed by atoms with Gasteiger partial charge in [0.2, 0.25) is 5.91 Å². The number of fused-ring (bicyclic) bond motifs is 1. The Kier molecular flexibility index (Phi) is 5.25. The molecule has 1 aromatic carbocycles. The summed E-state index contributed by atoms with van der Waals surface area (Å²) in [6.45, 7) is 2.83. The minimum Gasteiger partial charge on any atom is -0.375 e. The average Bonchev–Trinajstić information content (AvgIpc) is 3.01. The molecule has 0 saturated carbocycles. The molecule has 1 saturated heterocycles.